The minimum atomic E-state index is -0.443. The van der Waals surface area contributed by atoms with E-state index in [0.29, 0.717) is 35.8 Å². The van der Waals surface area contributed by atoms with Crippen molar-refractivity contribution in [2.45, 2.75) is 160 Å². The fraction of sp³-hybridized carbons (Fsp3) is 0.579. The summed E-state index contributed by atoms with van der Waals surface area (Å²) in [7, 11) is 0. The van der Waals surface area contributed by atoms with Gasteiger partial charge in [-0.05, 0) is 123 Å². The van der Waals surface area contributed by atoms with Crippen LogP contribution in [0.1, 0.15) is 169 Å². The maximum atomic E-state index is 13.0. The van der Waals surface area contributed by atoms with Gasteiger partial charge in [-0.2, -0.15) is 0 Å². The Bertz CT molecular complexity index is 2020. The van der Waals surface area contributed by atoms with Gasteiger partial charge >= 0.3 is 11.9 Å². The average Bonchev–Trinajstić information content (AvgIpc) is 4.27. The third-order valence-corrected chi connectivity index (χ3v) is 12.7. The molecule has 0 amide bonds. The molecule has 2 atom stereocenters. The summed E-state index contributed by atoms with van der Waals surface area (Å²) in [5.41, 5.74) is 1.00. The number of fused-ring (bicyclic) bond motifs is 1. The van der Waals surface area contributed by atoms with Crippen molar-refractivity contribution in [3.05, 3.63) is 96.1 Å². The Morgan fingerprint density at radius 2 is 0.761 bits per heavy atom. The second kappa shape index (κ2) is 28.8. The van der Waals surface area contributed by atoms with Crippen LogP contribution in [0.25, 0.3) is 10.8 Å². The molecule has 6 rings (SSSR count). The maximum Gasteiger partial charge on any atom is 0.343 e. The lowest BCUT2D eigenvalue weighted by atomic mass is 10.1. The normalized spacial score (nSPS) is 17.3. The molecule has 4 aromatic carbocycles. The second-order valence-electron chi connectivity index (χ2n) is 19.2. The number of rotatable bonds is 37. The van der Waals surface area contributed by atoms with Gasteiger partial charge in [0.2, 0.25) is 0 Å². The minimum Gasteiger partial charge on any atom is -0.494 e. The van der Waals surface area contributed by atoms with Crippen molar-refractivity contribution in [3.8, 4) is 23.0 Å². The largest absolute Gasteiger partial charge is 0.494 e. The van der Waals surface area contributed by atoms with Gasteiger partial charge in [0.1, 0.15) is 28.6 Å². The zero-order valence-electron chi connectivity index (χ0n) is 40.7. The molecule has 2 aliphatic rings. The van der Waals surface area contributed by atoms with Crippen LogP contribution < -0.4 is 18.9 Å². The van der Waals surface area contributed by atoms with Crippen molar-refractivity contribution in [3.63, 3.8) is 0 Å². The van der Waals surface area contributed by atoms with Gasteiger partial charge in [-0.15, -0.1) is 0 Å². The Hall–Kier alpha value is -4.48. The van der Waals surface area contributed by atoms with E-state index in [4.69, 9.17) is 37.9 Å². The summed E-state index contributed by atoms with van der Waals surface area (Å²) in [5.74, 6) is 1.46. The predicted octanol–water partition coefficient (Wildman–Crippen LogP) is 13.8. The van der Waals surface area contributed by atoms with Crippen LogP contribution >= 0.6 is 0 Å². The number of hydrogen-bond acceptors (Lipinski definition) is 10. The molecule has 2 unspecified atom stereocenters. The van der Waals surface area contributed by atoms with Crippen LogP contribution in [0.4, 0.5) is 0 Å². The number of epoxide rings is 2. The van der Waals surface area contributed by atoms with E-state index in [2.05, 4.69) is 13.8 Å². The van der Waals surface area contributed by atoms with Crippen LogP contribution in [0.5, 0.6) is 23.0 Å². The van der Waals surface area contributed by atoms with Gasteiger partial charge in [0.25, 0.3) is 0 Å². The monoisotopic (exact) mass is 923 g/mol. The standard InChI is InChI=1S/C57H78O10/c1-56(44-64-56)35-40-60-36-19-15-11-7-3-5-9-13-17-21-38-62-50-29-23-46(24-30-50)54(58)66-52-33-27-49-42-53(34-28-48(49)41-52)67-55(59)47-25-31-51(32-26-47)63-39-22-18-14-10-6-4-8-12-16-20-37-61-43-57(2)45-65-57/h23-34,41-42H,3-22,35-40,43-45H2,1-2H3. The summed E-state index contributed by atoms with van der Waals surface area (Å²) in [4.78, 5) is 25.9. The Morgan fingerprint density at radius 1 is 0.418 bits per heavy atom. The molecule has 2 aliphatic heterocycles. The molecule has 10 heteroatoms. The van der Waals surface area contributed by atoms with E-state index in [-0.39, 0.29) is 11.2 Å². The van der Waals surface area contributed by atoms with Crippen molar-refractivity contribution in [1.82, 2.24) is 0 Å². The highest BCUT2D eigenvalue weighted by Crippen LogP contribution is 2.30. The Kier molecular flexibility index (Phi) is 22.3. The molecule has 2 saturated heterocycles. The van der Waals surface area contributed by atoms with Crippen LogP contribution in [0.3, 0.4) is 0 Å². The molecule has 67 heavy (non-hydrogen) atoms. The van der Waals surface area contributed by atoms with E-state index < -0.39 is 11.9 Å². The molecule has 2 fully saturated rings. The first-order valence-electron chi connectivity index (χ1n) is 25.6. The third-order valence-electron chi connectivity index (χ3n) is 12.7. The van der Waals surface area contributed by atoms with Crippen molar-refractivity contribution in [2.75, 3.05) is 52.9 Å². The summed E-state index contributed by atoms with van der Waals surface area (Å²) in [6, 6.07) is 25.0. The Balaban J connectivity index is 0.760. The molecule has 0 aromatic heterocycles. The molecule has 0 aliphatic carbocycles. The number of hydrogen-bond donors (Lipinski definition) is 0. The number of esters is 2. The van der Waals surface area contributed by atoms with Crippen molar-refractivity contribution in [1.29, 1.82) is 0 Å². The second-order valence-corrected chi connectivity index (χ2v) is 19.2. The topological polar surface area (TPSA) is 115 Å². The van der Waals surface area contributed by atoms with E-state index in [1.54, 1.807) is 48.5 Å². The summed E-state index contributed by atoms with van der Waals surface area (Å²) in [5, 5.41) is 1.71. The maximum absolute atomic E-state index is 13.0. The lowest BCUT2D eigenvalue weighted by Gasteiger charge is -2.10. The number of carbonyl (C=O) groups is 2. The van der Waals surface area contributed by atoms with Gasteiger partial charge in [-0.25, -0.2) is 9.59 Å². The van der Waals surface area contributed by atoms with E-state index in [0.717, 1.165) is 107 Å². The van der Waals surface area contributed by atoms with Gasteiger partial charge in [0.05, 0.1) is 49.8 Å². The fourth-order valence-corrected chi connectivity index (χ4v) is 8.01. The summed E-state index contributed by atoms with van der Waals surface area (Å²) < 4.78 is 45.4. The third kappa shape index (κ3) is 20.7. The van der Waals surface area contributed by atoms with Gasteiger partial charge in [0, 0.05) is 26.2 Å². The number of carbonyl (C=O) groups excluding carboxylic acids is 2. The van der Waals surface area contributed by atoms with Gasteiger partial charge in [0.15, 0.2) is 0 Å². The van der Waals surface area contributed by atoms with Crippen molar-refractivity contribution in [2.24, 2.45) is 0 Å². The van der Waals surface area contributed by atoms with Gasteiger partial charge in [-0.1, -0.05) is 115 Å². The van der Waals surface area contributed by atoms with E-state index in [1.807, 2.05) is 36.4 Å². The molecular weight excluding hydrogens is 845 g/mol. The zero-order chi connectivity index (χ0) is 46.8. The summed E-state index contributed by atoms with van der Waals surface area (Å²) >= 11 is 0. The Labute approximate surface area is 400 Å². The molecule has 366 valence electrons. The lowest BCUT2D eigenvalue weighted by molar-refractivity contribution is 0.0725. The van der Waals surface area contributed by atoms with E-state index >= 15 is 0 Å². The van der Waals surface area contributed by atoms with Crippen molar-refractivity contribution >= 4 is 22.7 Å². The summed E-state index contributed by atoms with van der Waals surface area (Å²) in [6.45, 7) is 10.6. The van der Waals surface area contributed by atoms with E-state index in [1.165, 1.54) is 89.9 Å². The zero-order valence-corrected chi connectivity index (χ0v) is 40.7. The molecule has 10 nitrogen and oxygen atoms in total. The smallest absolute Gasteiger partial charge is 0.343 e. The minimum absolute atomic E-state index is 0.00431. The van der Waals surface area contributed by atoms with E-state index in [9.17, 15) is 9.59 Å². The highest BCUT2D eigenvalue weighted by Gasteiger charge is 2.39. The Morgan fingerprint density at radius 3 is 1.15 bits per heavy atom. The molecule has 4 aromatic rings. The van der Waals surface area contributed by atoms with Crippen LogP contribution in [0, 0.1) is 0 Å². The molecule has 0 saturated carbocycles. The SMILES string of the molecule is CC1(CCOCCCCCCCCCCCCOc2ccc(C(=O)Oc3ccc4cc(OC(=O)c5ccc(OCCCCCCCCCCCCOCC6(C)CO6)cc5)ccc4c3)cc2)CO1. The molecule has 0 radical (unpaired) electrons. The highest BCUT2D eigenvalue weighted by molar-refractivity contribution is 5.94. The highest BCUT2D eigenvalue weighted by atomic mass is 16.6. The molecule has 0 bridgehead atoms. The van der Waals surface area contributed by atoms with Gasteiger partial charge in [-0.3, -0.25) is 0 Å². The first-order valence-corrected chi connectivity index (χ1v) is 25.6. The van der Waals surface area contributed by atoms with Crippen LogP contribution in [-0.4, -0.2) is 76.0 Å². The number of ether oxygens (including phenoxy) is 8. The molecule has 0 N–H and O–H groups in total. The van der Waals surface area contributed by atoms with Crippen LogP contribution in [-0.2, 0) is 18.9 Å². The number of benzene rings is 4. The first kappa shape index (κ1) is 51.9. The average molecular weight is 923 g/mol. The van der Waals surface area contributed by atoms with Crippen molar-refractivity contribution < 1.29 is 47.5 Å². The number of unbranched alkanes of at least 4 members (excludes halogenated alkanes) is 18. The molecule has 2 heterocycles. The van der Waals surface area contributed by atoms with Crippen LogP contribution in [0.2, 0.25) is 0 Å². The quantitative estimate of drug-likeness (QED) is 0.0187. The molecular formula is C57H78O10. The lowest BCUT2D eigenvalue weighted by Crippen LogP contribution is -2.14. The molecule has 0 spiro atoms. The fourth-order valence-electron chi connectivity index (χ4n) is 8.01. The van der Waals surface area contributed by atoms with Crippen LogP contribution in [0.15, 0.2) is 84.9 Å². The first-order chi connectivity index (χ1) is 32.8. The predicted molar refractivity (Wildman–Crippen MR) is 265 cm³/mol. The summed E-state index contributed by atoms with van der Waals surface area (Å²) in [6.07, 6.45) is 25.6. The van der Waals surface area contributed by atoms with Gasteiger partial charge < -0.3 is 37.9 Å².